The highest BCUT2D eigenvalue weighted by Crippen LogP contribution is 2.20. The van der Waals surface area contributed by atoms with Gasteiger partial charge < -0.3 is 25.6 Å². The Bertz CT molecular complexity index is 843. The van der Waals surface area contributed by atoms with Gasteiger partial charge in [0.05, 0.1) is 13.3 Å². The van der Waals surface area contributed by atoms with Gasteiger partial charge in [-0.25, -0.2) is 9.78 Å². The second kappa shape index (κ2) is 7.00. The maximum Gasteiger partial charge on any atom is 0.356 e. The minimum atomic E-state index is -1.53. The van der Waals surface area contributed by atoms with E-state index in [9.17, 15) is 19.9 Å². The van der Waals surface area contributed by atoms with Gasteiger partial charge in [-0.3, -0.25) is 4.79 Å². The lowest BCUT2D eigenvalue weighted by Crippen LogP contribution is -2.22. The predicted molar refractivity (Wildman–Crippen MR) is 84.1 cm³/mol. The molecule has 0 bridgehead atoms. The molecule has 0 saturated carbocycles. The molecule has 0 aromatic carbocycles. The Labute approximate surface area is 139 Å². The van der Waals surface area contributed by atoms with Crippen LogP contribution in [0.3, 0.4) is 0 Å². The topological polar surface area (TPSA) is 149 Å². The van der Waals surface area contributed by atoms with Crippen LogP contribution in [-0.4, -0.2) is 38.8 Å². The molecule has 2 heterocycles. The molecule has 0 aliphatic heterocycles. The molecule has 0 spiro atoms. The molecule has 0 aliphatic rings. The molecule has 2 aromatic rings. The van der Waals surface area contributed by atoms with Crippen molar-refractivity contribution >= 4 is 28.1 Å². The molecule has 24 heavy (non-hydrogen) atoms. The number of nitrogens with two attached hydrogens (primary N) is 1. The zero-order chi connectivity index (χ0) is 17.9. The lowest BCUT2D eigenvalue weighted by molar-refractivity contribution is -0.155. The number of pyridine rings is 1. The summed E-state index contributed by atoms with van der Waals surface area (Å²) in [5.41, 5.74) is 5.23. The fourth-order valence-electron chi connectivity index (χ4n) is 1.68. The number of ether oxygens (including phenoxy) is 1. The van der Waals surface area contributed by atoms with Crippen LogP contribution in [0.4, 0.5) is 5.13 Å². The Morgan fingerprint density at radius 2 is 2.25 bits per heavy atom. The molecule has 0 amide bonds. The van der Waals surface area contributed by atoms with Crippen molar-refractivity contribution in [3.05, 3.63) is 39.3 Å². The van der Waals surface area contributed by atoms with E-state index in [1.54, 1.807) is 12.3 Å². The van der Waals surface area contributed by atoms with Gasteiger partial charge in [-0.05, 0) is 6.92 Å². The number of hydrogen-bond donors (Lipinski definition) is 3. The van der Waals surface area contributed by atoms with Crippen LogP contribution in [0.25, 0.3) is 0 Å². The number of aromatic nitrogens is 2. The molecule has 0 saturated heterocycles. The third-order valence-electron chi connectivity index (χ3n) is 2.91. The number of nitrogen functional groups attached to an aromatic ring is 1. The number of nitrogens with zero attached hydrogens (tertiary/aromatic N) is 3. The number of aromatic hydroxyl groups is 1. The second-order valence-corrected chi connectivity index (χ2v) is 5.44. The number of rotatable bonds is 5. The monoisotopic (exact) mass is 354 g/mol. The van der Waals surface area contributed by atoms with Crippen LogP contribution in [0.2, 0.25) is 0 Å². The van der Waals surface area contributed by atoms with Gasteiger partial charge >= 0.3 is 5.97 Å². The number of esters is 1. The van der Waals surface area contributed by atoms with Crippen LogP contribution >= 0.6 is 11.3 Å². The van der Waals surface area contributed by atoms with Gasteiger partial charge in [0.15, 0.2) is 10.9 Å². The first kappa shape index (κ1) is 17.3. The number of thiazole rings is 1. The highest BCUT2D eigenvalue weighted by molar-refractivity contribution is 7.13. The first-order chi connectivity index (χ1) is 11.3. The summed E-state index contributed by atoms with van der Waals surface area (Å²) in [5.74, 6) is -1.60. The van der Waals surface area contributed by atoms with E-state index in [0.717, 1.165) is 19.4 Å². The Kier molecular flexibility index (Phi) is 5.04. The van der Waals surface area contributed by atoms with Crippen molar-refractivity contribution in [1.82, 2.24) is 9.71 Å². The molecular formula is C13H14N4O6S. The molecule has 128 valence electrons. The number of anilines is 1. The summed E-state index contributed by atoms with van der Waals surface area (Å²) in [6.07, 6.45) is -0.798. The van der Waals surface area contributed by atoms with Crippen molar-refractivity contribution in [2.75, 3.05) is 12.8 Å². The first-order valence-electron chi connectivity index (χ1n) is 6.48. The zero-order valence-electron chi connectivity index (χ0n) is 12.7. The third-order valence-corrected chi connectivity index (χ3v) is 3.59. The summed E-state index contributed by atoms with van der Waals surface area (Å²) in [6, 6.07) is 0.836. The molecule has 11 heteroatoms. The van der Waals surface area contributed by atoms with Crippen molar-refractivity contribution in [1.29, 1.82) is 0 Å². The van der Waals surface area contributed by atoms with Crippen molar-refractivity contribution in [3.63, 3.8) is 0 Å². The van der Waals surface area contributed by atoms with E-state index in [-0.39, 0.29) is 5.69 Å². The Hall–Kier alpha value is -3.08. The smallest absolute Gasteiger partial charge is 0.356 e. The fourth-order valence-corrected chi connectivity index (χ4v) is 2.29. The average molecular weight is 354 g/mol. The van der Waals surface area contributed by atoms with E-state index in [1.807, 2.05) is 0 Å². The Morgan fingerprint density at radius 1 is 1.54 bits per heavy atom. The molecular weight excluding hydrogens is 340 g/mol. The standard InChI is InChI=1S/C13H14N4O6S/c1-6(7-5-24-13(14)15-7)16-23-11(12(20)22-2)8-3-9(18)10(19)4-17(8)21/h3-5,11,19,21H,1-2H3,(H2,14,15)/b16-6+. The Morgan fingerprint density at radius 3 is 2.83 bits per heavy atom. The van der Waals surface area contributed by atoms with Crippen LogP contribution < -0.4 is 11.2 Å². The van der Waals surface area contributed by atoms with Crippen LogP contribution in [0.1, 0.15) is 24.4 Å². The van der Waals surface area contributed by atoms with Crippen molar-refractivity contribution in [2.45, 2.75) is 13.0 Å². The van der Waals surface area contributed by atoms with E-state index >= 15 is 0 Å². The molecule has 2 aromatic heterocycles. The lowest BCUT2D eigenvalue weighted by atomic mass is 10.2. The van der Waals surface area contributed by atoms with Gasteiger partial charge in [0, 0.05) is 11.4 Å². The van der Waals surface area contributed by atoms with Gasteiger partial charge in [0.25, 0.3) is 6.10 Å². The molecule has 1 unspecified atom stereocenters. The number of oxime groups is 1. The molecule has 2 rings (SSSR count). The largest absolute Gasteiger partial charge is 0.503 e. The highest BCUT2D eigenvalue weighted by atomic mass is 32.1. The van der Waals surface area contributed by atoms with Crippen molar-refractivity contribution < 1.29 is 24.7 Å². The van der Waals surface area contributed by atoms with E-state index in [4.69, 9.17) is 10.6 Å². The first-order valence-corrected chi connectivity index (χ1v) is 7.36. The average Bonchev–Trinajstić information content (AvgIpc) is 2.98. The normalized spacial score (nSPS) is 12.7. The Balaban J connectivity index is 2.35. The van der Waals surface area contributed by atoms with Gasteiger partial charge in [0.1, 0.15) is 17.1 Å². The van der Waals surface area contributed by atoms with Gasteiger partial charge in [-0.1, -0.05) is 5.16 Å². The number of carbonyl (C=O) groups excluding carboxylic acids is 1. The quantitative estimate of drug-likeness (QED) is 0.304. The minimum Gasteiger partial charge on any atom is -0.503 e. The molecule has 4 N–H and O–H groups in total. The minimum absolute atomic E-state index is 0.265. The van der Waals surface area contributed by atoms with Crippen LogP contribution in [0.5, 0.6) is 5.75 Å². The lowest BCUT2D eigenvalue weighted by Gasteiger charge is -2.15. The fraction of sp³-hybridized carbons (Fsp3) is 0.231. The summed E-state index contributed by atoms with van der Waals surface area (Å²) >= 11 is 1.21. The number of methoxy groups -OCH3 is 1. The summed E-state index contributed by atoms with van der Waals surface area (Å²) in [4.78, 5) is 32.5. The number of hydrogen-bond acceptors (Lipinski definition) is 10. The maximum absolute atomic E-state index is 11.9. The predicted octanol–water partition coefficient (Wildman–Crippen LogP) is 0.485. The SMILES string of the molecule is COC(=O)C(O/N=C(\C)c1csc(N)n1)c1cc(=O)c(O)cn1O. The zero-order valence-corrected chi connectivity index (χ0v) is 13.5. The summed E-state index contributed by atoms with van der Waals surface area (Å²) in [7, 11) is 1.11. The van der Waals surface area contributed by atoms with E-state index in [1.165, 1.54) is 11.3 Å². The number of carbonyl (C=O) groups is 1. The highest BCUT2D eigenvalue weighted by Gasteiger charge is 2.28. The summed E-state index contributed by atoms with van der Waals surface area (Å²) < 4.78 is 4.96. The molecule has 1 atom stereocenters. The third kappa shape index (κ3) is 3.63. The van der Waals surface area contributed by atoms with Crippen LogP contribution in [-0.2, 0) is 14.4 Å². The second-order valence-electron chi connectivity index (χ2n) is 4.55. The summed E-state index contributed by atoms with van der Waals surface area (Å²) in [5, 5.41) is 24.8. The van der Waals surface area contributed by atoms with Gasteiger partial charge in [-0.2, -0.15) is 4.73 Å². The van der Waals surface area contributed by atoms with Gasteiger partial charge in [-0.15, -0.1) is 11.3 Å². The van der Waals surface area contributed by atoms with E-state index < -0.39 is 23.3 Å². The van der Waals surface area contributed by atoms with Crippen LogP contribution in [0.15, 0.2) is 27.6 Å². The maximum atomic E-state index is 11.9. The van der Waals surface area contributed by atoms with E-state index in [2.05, 4.69) is 14.9 Å². The summed E-state index contributed by atoms with van der Waals surface area (Å²) in [6.45, 7) is 1.58. The van der Waals surface area contributed by atoms with Crippen molar-refractivity contribution in [3.8, 4) is 5.75 Å². The molecule has 0 radical (unpaired) electrons. The van der Waals surface area contributed by atoms with Crippen LogP contribution in [0, 0.1) is 0 Å². The van der Waals surface area contributed by atoms with Gasteiger partial charge in [0.2, 0.25) is 5.43 Å². The molecule has 0 fully saturated rings. The van der Waals surface area contributed by atoms with Crippen molar-refractivity contribution in [2.24, 2.45) is 5.16 Å². The van der Waals surface area contributed by atoms with E-state index in [0.29, 0.717) is 21.3 Å². The molecule has 10 nitrogen and oxygen atoms in total. The molecule has 0 aliphatic carbocycles.